The molecule has 2 rings (SSSR count). The van der Waals surface area contributed by atoms with Crippen molar-refractivity contribution in [3.05, 3.63) is 35.9 Å². The summed E-state index contributed by atoms with van der Waals surface area (Å²) in [5, 5.41) is 0. The highest BCUT2D eigenvalue weighted by molar-refractivity contribution is 5.94. The summed E-state index contributed by atoms with van der Waals surface area (Å²) in [5.74, 6) is 0.0496. The van der Waals surface area contributed by atoms with Crippen LogP contribution in [-0.2, 0) is 9.53 Å². The van der Waals surface area contributed by atoms with Gasteiger partial charge in [-0.2, -0.15) is 0 Å². The lowest BCUT2D eigenvalue weighted by Gasteiger charge is -2.35. The van der Waals surface area contributed by atoms with E-state index in [1.807, 2.05) is 30.3 Å². The van der Waals surface area contributed by atoms with Crippen LogP contribution in [0.5, 0.6) is 0 Å². The number of methoxy groups -OCH3 is 1. The second-order valence-corrected chi connectivity index (χ2v) is 5.34. The van der Waals surface area contributed by atoms with Crippen molar-refractivity contribution in [3.63, 3.8) is 0 Å². The largest absolute Gasteiger partial charge is 0.380 e. The van der Waals surface area contributed by atoms with Gasteiger partial charge in [0.25, 0.3) is 5.91 Å². The number of halogens is 1. The molecular weight excluding hydrogens is 318 g/mol. The third-order valence-electron chi connectivity index (χ3n) is 3.94. The number of nitrogens with zero attached hydrogens (tertiary/aromatic N) is 2. The van der Waals surface area contributed by atoms with Crippen molar-refractivity contribution in [3.8, 4) is 0 Å². The van der Waals surface area contributed by atoms with Gasteiger partial charge in [-0.1, -0.05) is 18.2 Å². The van der Waals surface area contributed by atoms with Gasteiger partial charge in [-0.25, -0.2) is 0 Å². The third kappa shape index (κ3) is 5.20. The maximum atomic E-state index is 12.3. The second kappa shape index (κ2) is 9.50. The molecule has 1 aromatic rings. The van der Waals surface area contributed by atoms with Gasteiger partial charge in [-0.05, 0) is 12.1 Å². The molecule has 0 bridgehead atoms. The Kier molecular flexibility index (Phi) is 8.02. The van der Waals surface area contributed by atoms with Crippen LogP contribution in [0.2, 0.25) is 0 Å². The van der Waals surface area contributed by atoms with Gasteiger partial charge in [0.1, 0.15) is 0 Å². The number of carbonyl (C=O) groups excluding carboxylic acids is 2. The number of carbonyl (C=O) groups is 2. The smallest absolute Gasteiger partial charge is 0.253 e. The molecule has 1 heterocycles. The van der Waals surface area contributed by atoms with Gasteiger partial charge in [-0.15, -0.1) is 12.4 Å². The summed E-state index contributed by atoms with van der Waals surface area (Å²) < 4.78 is 5.14. The van der Waals surface area contributed by atoms with Crippen LogP contribution < -0.4 is 5.73 Å². The summed E-state index contributed by atoms with van der Waals surface area (Å²) in [7, 11) is 1.56. The lowest BCUT2D eigenvalue weighted by atomic mass is 10.1. The Hall–Kier alpha value is -1.63. The van der Waals surface area contributed by atoms with Crippen molar-refractivity contribution < 1.29 is 14.3 Å². The molecule has 1 fully saturated rings. The molecule has 1 aliphatic rings. The molecule has 0 radical (unpaired) electrons. The molecule has 0 aromatic heterocycles. The number of hydrogen-bond acceptors (Lipinski definition) is 4. The van der Waals surface area contributed by atoms with E-state index in [-0.39, 0.29) is 30.3 Å². The SMILES string of the molecule is COC(CN)CC(=O)N1CCN(C(=O)c2ccccc2)CC1.Cl. The molecule has 1 unspecified atom stereocenters. The minimum absolute atomic E-state index is 0. The predicted molar refractivity (Wildman–Crippen MR) is 90.6 cm³/mol. The molecule has 0 aliphatic carbocycles. The fraction of sp³-hybridized carbons (Fsp3) is 0.500. The zero-order valence-electron chi connectivity index (χ0n) is 13.3. The molecule has 1 aliphatic heterocycles. The summed E-state index contributed by atoms with van der Waals surface area (Å²) >= 11 is 0. The van der Waals surface area contributed by atoms with Gasteiger partial charge in [0.2, 0.25) is 5.91 Å². The zero-order valence-corrected chi connectivity index (χ0v) is 14.1. The van der Waals surface area contributed by atoms with Crippen molar-refractivity contribution in [2.24, 2.45) is 5.73 Å². The minimum atomic E-state index is -0.239. The molecule has 1 atom stereocenters. The van der Waals surface area contributed by atoms with Crippen LogP contribution in [0.4, 0.5) is 0 Å². The Balaban J connectivity index is 0.00000264. The fourth-order valence-electron chi connectivity index (χ4n) is 2.51. The standard InChI is InChI=1S/C16H23N3O3.ClH/c1-22-14(12-17)11-15(20)18-7-9-19(10-8-18)16(21)13-5-3-2-4-6-13;/h2-6,14H,7-12,17H2,1H3;1H. The molecule has 2 amide bonds. The summed E-state index contributed by atoms with van der Waals surface area (Å²) in [6.45, 7) is 2.55. The van der Waals surface area contributed by atoms with Crippen LogP contribution in [0.25, 0.3) is 0 Å². The molecule has 0 saturated carbocycles. The maximum absolute atomic E-state index is 12.3. The first-order valence-corrected chi connectivity index (χ1v) is 7.50. The van der Waals surface area contributed by atoms with Gasteiger partial charge in [0.05, 0.1) is 12.5 Å². The van der Waals surface area contributed by atoms with E-state index in [0.717, 1.165) is 0 Å². The lowest BCUT2D eigenvalue weighted by Crippen LogP contribution is -2.51. The number of amides is 2. The third-order valence-corrected chi connectivity index (χ3v) is 3.94. The molecule has 128 valence electrons. The highest BCUT2D eigenvalue weighted by Gasteiger charge is 2.25. The fourth-order valence-corrected chi connectivity index (χ4v) is 2.51. The Morgan fingerprint density at radius 3 is 2.22 bits per heavy atom. The van der Waals surface area contributed by atoms with Gasteiger partial charge in [0, 0.05) is 45.4 Å². The Morgan fingerprint density at radius 2 is 1.70 bits per heavy atom. The van der Waals surface area contributed by atoms with Gasteiger partial charge in [-0.3, -0.25) is 9.59 Å². The predicted octanol–water partition coefficient (Wildman–Crippen LogP) is 0.757. The highest BCUT2D eigenvalue weighted by Crippen LogP contribution is 2.10. The van der Waals surface area contributed by atoms with E-state index in [1.165, 1.54) is 0 Å². The van der Waals surface area contributed by atoms with E-state index >= 15 is 0 Å². The average Bonchev–Trinajstić information content (AvgIpc) is 2.59. The van der Waals surface area contributed by atoms with E-state index in [4.69, 9.17) is 10.5 Å². The van der Waals surface area contributed by atoms with Crippen molar-refractivity contribution in [2.45, 2.75) is 12.5 Å². The maximum Gasteiger partial charge on any atom is 0.253 e. The summed E-state index contributed by atoms with van der Waals surface area (Å²) in [6, 6.07) is 9.21. The molecule has 2 N–H and O–H groups in total. The molecule has 7 heteroatoms. The van der Waals surface area contributed by atoms with Crippen LogP contribution in [0.1, 0.15) is 16.8 Å². The number of piperazine rings is 1. The van der Waals surface area contributed by atoms with Crippen LogP contribution in [0.3, 0.4) is 0 Å². The summed E-state index contributed by atoms with van der Waals surface area (Å²) in [6.07, 6.45) is 0.0519. The summed E-state index contributed by atoms with van der Waals surface area (Å²) in [5.41, 5.74) is 6.22. The van der Waals surface area contributed by atoms with Crippen molar-refractivity contribution >= 4 is 24.2 Å². The van der Waals surface area contributed by atoms with Crippen molar-refractivity contribution in [1.82, 2.24) is 9.80 Å². The van der Waals surface area contributed by atoms with Gasteiger partial charge in [0.15, 0.2) is 0 Å². The molecule has 0 spiro atoms. The Labute approximate surface area is 143 Å². The first-order valence-electron chi connectivity index (χ1n) is 7.50. The van der Waals surface area contributed by atoms with E-state index < -0.39 is 0 Å². The quantitative estimate of drug-likeness (QED) is 0.857. The lowest BCUT2D eigenvalue weighted by molar-refractivity contribution is -0.135. The number of rotatable bonds is 5. The molecular formula is C16H24ClN3O3. The van der Waals surface area contributed by atoms with Gasteiger partial charge >= 0.3 is 0 Å². The van der Waals surface area contributed by atoms with E-state index in [2.05, 4.69) is 0 Å². The number of benzene rings is 1. The van der Waals surface area contributed by atoms with Crippen LogP contribution in [0, 0.1) is 0 Å². The highest BCUT2D eigenvalue weighted by atomic mass is 35.5. The van der Waals surface area contributed by atoms with Gasteiger partial charge < -0.3 is 20.3 Å². The molecule has 1 saturated heterocycles. The van der Waals surface area contributed by atoms with Crippen molar-refractivity contribution in [1.29, 1.82) is 0 Å². The van der Waals surface area contributed by atoms with E-state index in [0.29, 0.717) is 44.7 Å². The first-order chi connectivity index (χ1) is 10.7. The Morgan fingerprint density at radius 1 is 1.13 bits per heavy atom. The van der Waals surface area contributed by atoms with E-state index in [9.17, 15) is 9.59 Å². The minimum Gasteiger partial charge on any atom is -0.380 e. The normalized spacial score (nSPS) is 15.7. The van der Waals surface area contributed by atoms with Crippen LogP contribution >= 0.6 is 12.4 Å². The number of ether oxygens (including phenoxy) is 1. The first kappa shape index (κ1) is 19.4. The second-order valence-electron chi connectivity index (χ2n) is 5.34. The van der Waals surface area contributed by atoms with Crippen LogP contribution in [0.15, 0.2) is 30.3 Å². The molecule has 1 aromatic carbocycles. The topological polar surface area (TPSA) is 75.9 Å². The molecule has 23 heavy (non-hydrogen) atoms. The van der Waals surface area contributed by atoms with Crippen molar-refractivity contribution in [2.75, 3.05) is 39.8 Å². The zero-order chi connectivity index (χ0) is 15.9. The van der Waals surface area contributed by atoms with Crippen LogP contribution in [-0.4, -0.2) is 67.6 Å². The molecule has 6 nitrogen and oxygen atoms in total. The Bertz CT molecular complexity index is 501. The van der Waals surface area contributed by atoms with E-state index in [1.54, 1.807) is 16.9 Å². The number of hydrogen-bond donors (Lipinski definition) is 1. The average molecular weight is 342 g/mol. The monoisotopic (exact) mass is 341 g/mol. The summed E-state index contributed by atoms with van der Waals surface area (Å²) in [4.78, 5) is 28.1. The number of nitrogens with two attached hydrogens (primary N) is 1.